The van der Waals surface area contributed by atoms with Crippen molar-refractivity contribution >= 4 is 0 Å². The monoisotopic (exact) mass is 183 g/mol. The number of fused-ring (bicyclic) bond motifs is 1. The predicted octanol–water partition coefficient (Wildman–Crippen LogP) is 2.85. The van der Waals surface area contributed by atoms with Crippen LogP contribution in [0.3, 0.4) is 0 Å². The zero-order valence-corrected chi connectivity index (χ0v) is 8.11. The largest absolute Gasteiger partial charge is 0.309 e. The highest BCUT2D eigenvalue weighted by molar-refractivity contribution is 5.75. The van der Waals surface area contributed by atoms with E-state index in [4.69, 9.17) is 6.42 Å². The second kappa shape index (κ2) is 4.02. The lowest BCUT2D eigenvalue weighted by atomic mass is 9.95. The average molecular weight is 183 g/mol. The van der Waals surface area contributed by atoms with Crippen molar-refractivity contribution in [2.24, 2.45) is 0 Å². The van der Waals surface area contributed by atoms with E-state index in [0.29, 0.717) is 0 Å². The molecule has 1 heteroatoms. The van der Waals surface area contributed by atoms with Gasteiger partial charge in [-0.25, -0.2) is 0 Å². The first kappa shape index (κ1) is 8.90. The smallest absolute Gasteiger partial charge is 0.0311 e. The highest BCUT2D eigenvalue weighted by Gasteiger charge is 2.03. The fraction of sp³-hybridized carbons (Fsp3) is 0.231. The minimum atomic E-state index is 1.02. The maximum atomic E-state index is 5.13. The van der Waals surface area contributed by atoms with Gasteiger partial charge >= 0.3 is 0 Å². The molecule has 1 nitrogen and oxygen atoms in total. The fourth-order valence-corrected chi connectivity index (χ4v) is 1.43. The number of nitrogens with zero attached hydrogens (tertiary/aromatic N) is 1. The van der Waals surface area contributed by atoms with E-state index >= 15 is 0 Å². The first-order valence-electron chi connectivity index (χ1n) is 4.90. The Hall–Kier alpha value is -1.68. The normalized spacial score (nSPS) is 15.2. The molecule has 70 valence electrons. The number of terminal acetylenes is 1. The van der Waals surface area contributed by atoms with Gasteiger partial charge < -0.3 is 4.90 Å². The molecular formula is C13H13N. The molecule has 2 aliphatic carbocycles. The molecule has 0 radical (unpaired) electrons. The standard InChI is InChI=1S/C7H9N.C6H4/c1-2-8-6-4-3-5-7-8;1-2-6-4-3-5(1)6/h1,4,6H,3,5,7H2;1-4H. The van der Waals surface area contributed by atoms with Crippen molar-refractivity contribution in [2.75, 3.05) is 6.54 Å². The van der Waals surface area contributed by atoms with E-state index in [9.17, 15) is 0 Å². The topological polar surface area (TPSA) is 3.24 Å². The van der Waals surface area contributed by atoms with Crippen LogP contribution in [0.1, 0.15) is 12.8 Å². The van der Waals surface area contributed by atoms with Gasteiger partial charge in [0.1, 0.15) is 0 Å². The molecule has 0 atom stereocenters. The van der Waals surface area contributed by atoms with E-state index in [1.165, 1.54) is 24.0 Å². The molecule has 0 saturated heterocycles. The Kier molecular flexibility index (Phi) is 2.55. The lowest BCUT2D eigenvalue weighted by Gasteiger charge is -2.14. The van der Waals surface area contributed by atoms with Crippen molar-refractivity contribution in [1.29, 1.82) is 0 Å². The minimum Gasteiger partial charge on any atom is -0.309 e. The zero-order chi connectivity index (χ0) is 9.80. The van der Waals surface area contributed by atoms with Crippen LogP contribution in [0, 0.1) is 12.5 Å². The maximum Gasteiger partial charge on any atom is 0.0311 e. The van der Waals surface area contributed by atoms with E-state index in [2.05, 4.69) is 36.4 Å². The molecule has 0 unspecified atom stereocenters. The molecule has 1 heterocycles. The van der Waals surface area contributed by atoms with Crippen molar-refractivity contribution in [3.63, 3.8) is 0 Å². The lowest BCUT2D eigenvalue weighted by Crippen LogP contribution is -2.13. The Morgan fingerprint density at radius 1 is 1.14 bits per heavy atom. The number of rotatable bonds is 0. The van der Waals surface area contributed by atoms with Gasteiger partial charge in [-0.3, -0.25) is 0 Å². The van der Waals surface area contributed by atoms with Gasteiger partial charge in [0.25, 0.3) is 0 Å². The maximum absolute atomic E-state index is 5.13. The van der Waals surface area contributed by atoms with E-state index in [1.807, 2.05) is 11.1 Å². The highest BCUT2D eigenvalue weighted by Crippen LogP contribution is 2.29. The SMILES string of the molecule is C#CN1C=CCCC1.c1cc2ccc1-2. The molecule has 0 saturated carbocycles. The third-order valence-corrected chi connectivity index (χ3v) is 2.44. The summed E-state index contributed by atoms with van der Waals surface area (Å²) < 4.78 is 0. The van der Waals surface area contributed by atoms with Crippen LogP contribution in [0.2, 0.25) is 0 Å². The molecule has 0 fully saturated rings. The van der Waals surface area contributed by atoms with Gasteiger partial charge in [0.05, 0.1) is 0 Å². The molecule has 1 aliphatic heterocycles. The molecule has 0 bridgehead atoms. The van der Waals surface area contributed by atoms with Crippen LogP contribution in [-0.4, -0.2) is 11.4 Å². The third-order valence-electron chi connectivity index (χ3n) is 2.44. The van der Waals surface area contributed by atoms with Gasteiger partial charge in [0.2, 0.25) is 0 Å². The Bertz CT molecular complexity index is 346. The summed E-state index contributed by atoms with van der Waals surface area (Å²) in [5.41, 5.74) is 2.85. The minimum absolute atomic E-state index is 1.02. The summed E-state index contributed by atoms with van der Waals surface area (Å²) in [5.74, 6) is 0. The number of allylic oxidation sites excluding steroid dienone is 1. The van der Waals surface area contributed by atoms with Crippen LogP contribution in [0.5, 0.6) is 0 Å². The summed E-state index contributed by atoms with van der Waals surface area (Å²) in [6.07, 6.45) is 11.6. The molecule has 0 aromatic heterocycles. The lowest BCUT2D eigenvalue weighted by molar-refractivity contribution is 0.492. The highest BCUT2D eigenvalue weighted by atomic mass is 15.1. The first-order chi connectivity index (χ1) is 6.90. The molecule has 3 aliphatic rings. The van der Waals surface area contributed by atoms with Gasteiger partial charge in [0.15, 0.2) is 0 Å². The fourth-order valence-electron chi connectivity index (χ4n) is 1.43. The Labute approximate surface area is 85.0 Å². The molecule has 0 aromatic rings. The van der Waals surface area contributed by atoms with E-state index in [0.717, 1.165) is 6.54 Å². The Morgan fingerprint density at radius 3 is 2.00 bits per heavy atom. The van der Waals surface area contributed by atoms with E-state index in [-0.39, 0.29) is 0 Å². The molecule has 0 amide bonds. The van der Waals surface area contributed by atoms with Crippen molar-refractivity contribution in [3.8, 4) is 23.6 Å². The van der Waals surface area contributed by atoms with Crippen molar-refractivity contribution in [1.82, 2.24) is 4.90 Å². The summed E-state index contributed by atoms with van der Waals surface area (Å²) >= 11 is 0. The zero-order valence-electron chi connectivity index (χ0n) is 8.11. The Morgan fingerprint density at radius 2 is 1.79 bits per heavy atom. The number of hydrogen-bond donors (Lipinski definition) is 0. The molecule has 0 aromatic carbocycles. The van der Waals surface area contributed by atoms with Crippen molar-refractivity contribution in [2.45, 2.75) is 12.8 Å². The summed E-state index contributed by atoms with van der Waals surface area (Å²) in [6.45, 7) is 1.02. The van der Waals surface area contributed by atoms with Crippen molar-refractivity contribution in [3.05, 3.63) is 36.5 Å². The molecule has 3 rings (SSSR count). The first-order valence-corrected chi connectivity index (χ1v) is 4.90. The third kappa shape index (κ3) is 1.80. The second-order valence-electron chi connectivity index (χ2n) is 3.43. The van der Waals surface area contributed by atoms with Gasteiger partial charge in [0, 0.05) is 18.8 Å². The molecule has 0 spiro atoms. The van der Waals surface area contributed by atoms with Crippen LogP contribution in [0.4, 0.5) is 0 Å². The molecule has 0 N–H and O–H groups in total. The van der Waals surface area contributed by atoms with Crippen LogP contribution in [0.25, 0.3) is 11.1 Å². The van der Waals surface area contributed by atoms with Gasteiger partial charge in [-0.15, -0.1) is 0 Å². The summed E-state index contributed by atoms with van der Waals surface area (Å²) in [4.78, 5) is 1.86. The quantitative estimate of drug-likeness (QED) is 0.568. The summed E-state index contributed by atoms with van der Waals surface area (Å²) in [7, 11) is 0. The van der Waals surface area contributed by atoms with Crippen LogP contribution in [0.15, 0.2) is 36.5 Å². The summed E-state index contributed by atoms with van der Waals surface area (Å²) in [6, 6.07) is 11.0. The Balaban J connectivity index is 0.000000110. The van der Waals surface area contributed by atoms with Crippen LogP contribution >= 0.6 is 0 Å². The van der Waals surface area contributed by atoms with Gasteiger partial charge in [-0.2, -0.15) is 0 Å². The van der Waals surface area contributed by atoms with E-state index < -0.39 is 0 Å². The number of benzene rings is 1. The average Bonchev–Trinajstić information content (AvgIpc) is 2.25. The number of hydrogen-bond acceptors (Lipinski definition) is 1. The predicted molar refractivity (Wildman–Crippen MR) is 59.3 cm³/mol. The van der Waals surface area contributed by atoms with Crippen LogP contribution < -0.4 is 0 Å². The van der Waals surface area contributed by atoms with Gasteiger partial charge in [-0.05, 0) is 24.0 Å². The van der Waals surface area contributed by atoms with E-state index in [1.54, 1.807) is 0 Å². The van der Waals surface area contributed by atoms with Gasteiger partial charge in [-0.1, -0.05) is 36.8 Å². The molecular weight excluding hydrogens is 170 g/mol. The summed E-state index contributed by atoms with van der Waals surface area (Å²) in [5, 5.41) is 0. The second-order valence-corrected chi connectivity index (χ2v) is 3.43. The van der Waals surface area contributed by atoms with Crippen LogP contribution in [-0.2, 0) is 0 Å². The van der Waals surface area contributed by atoms with Crippen molar-refractivity contribution < 1.29 is 0 Å². The molecule has 14 heavy (non-hydrogen) atoms.